The van der Waals surface area contributed by atoms with Crippen molar-refractivity contribution < 1.29 is 9.32 Å². The summed E-state index contributed by atoms with van der Waals surface area (Å²) in [4.78, 5) is 17.7. The number of aromatic nitrogens is 6. The lowest BCUT2D eigenvalue weighted by atomic mass is 10.1. The summed E-state index contributed by atoms with van der Waals surface area (Å²) >= 11 is 0. The van der Waals surface area contributed by atoms with Gasteiger partial charge in [0.25, 0.3) is 11.6 Å². The average molecular weight is 393 g/mol. The van der Waals surface area contributed by atoms with E-state index in [1.54, 1.807) is 28.6 Å². The first kappa shape index (κ1) is 18.9. The smallest absolute Gasteiger partial charge is 0.259 e. The van der Waals surface area contributed by atoms with E-state index >= 15 is 0 Å². The summed E-state index contributed by atoms with van der Waals surface area (Å²) in [7, 11) is 1.88. The maximum Gasteiger partial charge on any atom is 0.259 e. The Morgan fingerprint density at radius 3 is 2.76 bits per heavy atom. The number of carbonyl (C=O) groups excluding carboxylic acids is 1. The zero-order valence-corrected chi connectivity index (χ0v) is 17.1. The van der Waals surface area contributed by atoms with E-state index < -0.39 is 0 Å². The van der Waals surface area contributed by atoms with Crippen LogP contribution in [0.1, 0.15) is 47.2 Å². The molecule has 1 unspecified atom stereocenters. The van der Waals surface area contributed by atoms with Crippen LogP contribution in [0.5, 0.6) is 0 Å². The summed E-state index contributed by atoms with van der Waals surface area (Å²) < 4.78 is 8.95. The van der Waals surface area contributed by atoms with E-state index in [1.165, 1.54) is 0 Å². The van der Waals surface area contributed by atoms with Crippen molar-refractivity contribution in [1.29, 1.82) is 0 Å². The molecular weight excluding hydrogens is 370 g/mol. The fraction of sp³-hybridized carbons (Fsp3) is 0.350. The maximum atomic E-state index is 13.2. The van der Waals surface area contributed by atoms with Crippen molar-refractivity contribution in [3.8, 4) is 11.4 Å². The second-order valence-electron chi connectivity index (χ2n) is 7.06. The lowest BCUT2D eigenvalue weighted by Crippen LogP contribution is -2.27. The van der Waals surface area contributed by atoms with Crippen LogP contribution in [0.4, 0.5) is 0 Å². The molecule has 0 radical (unpaired) electrons. The molecule has 0 saturated heterocycles. The molecule has 0 bridgehead atoms. The summed E-state index contributed by atoms with van der Waals surface area (Å²) in [5.74, 6) is -0.226. The Labute approximate surface area is 167 Å². The summed E-state index contributed by atoms with van der Waals surface area (Å²) in [5.41, 5.74) is 4.61. The number of nitrogens with zero attached hydrogens (tertiary/aromatic N) is 6. The average Bonchev–Trinajstić information content (AvgIpc) is 3.41. The largest absolute Gasteiger partial charge is 0.345 e. The molecule has 9 nitrogen and oxygen atoms in total. The molecule has 1 amide bonds. The maximum absolute atomic E-state index is 13.2. The van der Waals surface area contributed by atoms with E-state index in [-0.39, 0.29) is 11.9 Å². The molecule has 4 aromatic heterocycles. The number of pyridine rings is 1. The van der Waals surface area contributed by atoms with Gasteiger partial charge < -0.3 is 9.84 Å². The number of nitrogens with one attached hydrogen (secondary N) is 1. The van der Waals surface area contributed by atoms with Crippen molar-refractivity contribution in [1.82, 2.24) is 35.0 Å². The minimum atomic E-state index is -0.226. The molecular formula is C20H23N7O2. The first-order chi connectivity index (χ1) is 13.9. The number of fused-ring (bicyclic) bond motifs is 1. The van der Waals surface area contributed by atoms with Crippen LogP contribution in [0.2, 0.25) is 0 Å². The van der Waals surface area contributed by atoms with Crippen molar-refractivity contribution in [2.45, 2.75) is 40.3 Å². The second kappa shape index (κ2) is 7.16. The summed E-state index contributed by atoms with van der Waals surface area (Å²) in [6, 6.07) is 3.40. The van der Waals surface area contributed by atoms with Crippen LogP contribution in [-0.2, 0) is 13.6 Å². The highest BCUT2D eigenvalue weighted by Crippen LogP contribution is 2.27. The molecule has 9 heteroatoms. The Morgan fingerprint density at radius 1 is 1.31 bits per heavy atom. The topological polar surface area (TPSA) is 104 Å². The van der Waals surface area contributed by atoms with Gasteiger partial charge in [-0.25, -0.2) is 4.98 Å². The molecule has 0 saturated carbocycles. The van der Waals surface area contributed by atoms with E-state index in [1.807, 2.05) is 40.1 Å². The predicted molar refractivity (Wildman–Crippen MR) is 107 cm³/mol. The van der Waals surface area contributed by atoms with Crippen LogP contribution in [-0.4, -0.2) is 35.6 Å². The van der Waals surface area contributed by atoms with Gasteiger partial charge in [-0.15, -0.1) is 0 Å². The van der Waals surface area contributed by atoms with Crippen LogP contribution in [0.15, 0.2) is 29.0 Å². The lowest BCUT2D eigenvalue weighted by Gasteiger charge is -2.14. The van der Waals surface area contributed by atoms with Gasteiger partial charge in [0.15, 0.2) is 0 Å². The molecule has 150 valence electrons. The highest BCUT2D eigenvalue weighted by Gasteiger charge is 2.22. The third-order valence-electron chi connectivity index (χ3n) is 5.18. The zero-order valence-electron chi connectivity index (χ0n) is 17.1. The number of rotatable bonds is 5. The van der Waals surface area contributed by atoms with Gasteiger partial charge in [0.05, 0.1) is 34.6 Å². The second-order valence-corrected chi connectivity index (χ2v) is 7.06. The van der Waals surface area contributed by atoms with E-state index in [9.17, 15) is 4.79 Å². The third kappa shape index (κ3) is 3.28. The minimum Gasteiger partial charge on any atom is -0.345 e. The van der Waals surface area contributed by atoms with Gasteiger partial charge >= 0.3 is 0 Å². The van der Waals surface area contributed by atoms with Gasteiger partial charge in [0.1, 0.15) is 5.69 Å². The molecule has 0 aliphatic carbocycles. The molecule has 4 aromatic rings. The number of hydrogen-bond donors (Lipinski definition) is 1. The Hall–Kier alpha value is -3.49. The molecule has 29 heavy (non-hydrogen) atoms. The van der Waals surface area contributed by atoms with Crippen molar-refractivity contribution in [3.05, 3.63) is 47.0 Å². The van der Waals surface area contributed by atoms with Gasteiger partial charge in [0, 0.05) is 31.0 Å². The Morgan fingerprint density at radius 2 is 2.10 bits per heavy atom. The van der Waals surface area contributed by atoms with E-state index in [2.05, 4.69) is 25.7 Å². The number of amides is 1. The minimum absolute atomic E-state index is 0.206. The van der Waals surface area contributed by atoms with E-state index in [4.69, 9.17) is 4.52 Å². The van der Waals surface area contributed by atoms with Crippen molar-refractivity contribution in [2.24, 2.45) is 7.05 Å². The van der Waals surface area contributed by atoms with Gasteiger partial charge in [-0.2, -0.15) is 10.2 Å². The molecule has 4 heterocycles. The van der Waals surface area contributed by atoms with Gasteiger partial charge in [0.2, 0.25) is 0 Å². The van der Waals surface area contributed by atoms with Gasteiger partial charge in [-0.05, 0) is 39.8 Å². The first-order valence-corrected chi connectivity index (χ1v) is 9.49. The summed E-state index contributed by atoms with van der Waals surface area (Å²) in [5, 5.41) is 16.4. The zero-order chi connectivity index (χ0) is 20.7. The third-order valence-corrected chi connectivity index (χ3v) is 5.18. The van der Waals surface area contributed by atoms with Crippen LogP contribution in [0, 0.1) is 13.8 Å². The van der Waals surface area contributed by atoms with Crippen LogP contribution >= 0.6 is 0 Å². The molecule has 0 spiro atoms. The van der Waals surface area contributed by atoms with Crippen LogP contribution in [0.3, 0.4) is 0 Å². The quantitative estimate of drug-likeness (QED) is 0.559. The van der Waals surface area contributed by atoms with Gasteiger partial charge in [-0.1, -0.05) is 5.16 Å². The number of aryl methyl sites for hydroxylation is 3. The highest BCUT2D eigenvalue weighted by molar-refractivity contribution is 6.07. The highest BCUT2D eigenvalue weighted by atomic mass is 16.5. The molecule has 0 fully saturated rings. The van der Waals surface area contributed by atoms with Crippen LogP contribution < -0.4 is 5.32 Å². The Balaban J connectivity index is 1.74. The monoisotopic (exact) mass is 393 g/mol. The molecule has 0 aliphatic rings. The van der Waals surface area contributed by atoms with E-state index in [0.29, 0.717) is 33.7 Å². The van der Waals surface area contributed by atoms with Crippen LogP contribution in [0.25, 0.3) is 22.5 Å². The molecule has 0 aromatic carbocycles. The fourth-order valence-corrected chi connectivity index (χ4v) is 3.37. The Bertz CT molecular complexity index is 1200. The molecule has 1 atom stereocenters. The molecule has 0 aliphatic heterocycles. The molecule has 4 rings (SSSR count). The SMILES string of the molecule is CCn1ccc(-c2cc(C(=O)NC(C)c3cnn(C)c3C)c3c(C)noc3n2)n1. The Kier molecular flexibility index (Phi) is 4.65. The normalized spacial score (nSPS) is 12.4. The van der Waals surface area contributed by atoms with E-state index in [0.717, 1.165) is 17.8 Å². The summed E-state index contributed by atoms with van der Waals surface area (Å²) in [6.07, 6.45) is 3.65. The van der Waals surface area contributed by atoms with Crippen molar-refractivity contribution in [3.63, 3.8) is 0 Å². The number of carbonyl (C=O) groups is 1. The number of hydrogen-bond acceptors (Lipinski definition) is 6. The summed E-state index contributed by atoms with van der Waals surface area (Å²) in [6.45, 7) is 8.46. The van der Waals surface area contributed by atoms with Crippen molar-refractivity contribution >= 4 is 17.0 Å². The van der Waals surface area contributed by atoms with Gasteiger partial charge in [-0.3, -0.25) is 14.2 Å². The predicted octanol–water partition coefficient (Wildman–Crippen LogP) is 2.95. The van der Waals surface area contributed by atoms with Crippen molar-refractivity contribution in [2.75, 3.05) is 0 Å². The standard InChI is InChI=1S/C20H23N7O2/c1-6-27-8-7-16(24-27)17-9-14(18-12(3)25-29-20(18)23-17)19(28)22-11(2)15-10-21-26(5)13(15)4/h7-11H,6H2,1-5H3,(H,22,28). The lowest BCUT2D eigenvalue weighted by molar-refractivity contribution is 0.0941. The molecule has 1 N–H and O–H groups in total. The fourth-order valence-electron chi connectivity index (χ4n) is 3.37. The first-order valence-electron chi connectivity index (χ1n) is 9.49.